The van der Waals surface area contributed by atoms with Gasteiger partial charge in [0.15, 0.2) is 0 Å². The van der Waals surface area contributed by atoms with Crippen molar-refractivity contribution in [2.75, 3.05) is 13.2 Å². The summed E-state index contributed by atoms with van der Waals surface area (Å²) in [5, 5.41) is 0. The molecule has 4 fully saturated rings. The molecule has 0 N–H and O–H groups in total. The Bertz CT molecular complexity index is 1980. The topological polar surface area (TPSA) is 9.23 Å². The number of hydrogen-bond donors (Lipinski definition) is 0. The third kappa shape index (κ3) is 15.7. The van der Waals surface area contributed by atoms with Gasteiger partial charge in [0.25, 0.3) is 0 Å². The highest BCUT2D eigenvalue weighted by Crippen LogP contribution is 2.43. The van der Waals surface area contributed by atoms with Gasteiger partial charge in [-0.2, -0.15) is 0 Å². The molecule has 8 rings (SSSR count). The summed E-state index contributed by atoms with van der Waals surface area (Å²) in [5.41, 5.74) is 14.3. The van der Waals surface area contributed by atoms with E-state index in [9.17, 15) is 0 Å². The van der Waals surface area contributed by atoms with Crippen LogP contribution in [0.5, 0.6) is 0 Å². The minimum Gasteiger partial charge on any atom is -0.373 e. The van der Waals surface area contributed by atoms with Crippen molar-refractivity contribution in [3.63, 3.8) is 0 Å². The van der Waals surface area contributed by atoms with Crippen molar-refractivity contribution in [3.05, 3.63) is 131 Å². The molecule has 0 bridgehead atoms. The molecular formula is C70H98O. The molecule has 0 aliphatic heterocycles. The van der Waals surface area contributed by atoms with Crippen LogP contribution in [0.4, 0.5) is 0 Å². The van der Waals surface area contributed by atoms with Crippen LogP contribution in [0.2, 0.25) is 0 Å². The highest BCUT2D eigenvalue weighted by atomic mass is 16.5. The molecule has 1 nitrogen and oxygen atoms in total. The highest BCUT2D eigenvalue weighted by molar-refractivity contribution is 5.73. The summed E-state index contributed by atoms with van der Waals surface area (Å²) in [6.45, 7) is 10.7. The second-order valence-electron chi connectivity index (χ2n) is 23.7. The molecular weight excluding hydrogens is 857 g/mol. The van der Waals surface area contributed by atoms with Crippen molar-refractivity contribution < 1.29 is 4.74 Å². The van der Waals surface area contributed by atoms with Gasteiger partial charge in [-0.05, 0) is 206 Å². The summed E-state index contributed by atoms with van der Waals surface area (Å²) in [5.74, 6) is 6.42. The average Bonchev–Trinajstić information content (AvgIpc) is 3.42. The Morgan fingerprint density at radius 1 is 0.352 bits per heavy atom. The minimum absolute atomic E-state index is 0.609. The molecule has 0 radical (unpaired) electrons. The van der Waals surface area contributed by atoms with E-state index in [1.165, 1.54) is 224 Å². The molecule has 1 heteroatoms. The van der Waals surface area contributed by atoms with Gasteiger partial charge in [-0.3, -0.25) is 0 Å². The Kier molecular flexibility index (Phi) is 21.7. The second kappa shape index (κ2) is 28.7. The molecule has 0 heterocycles. The molecule has 4 aliphatic carbocycles. The lowest BCUT2D eigenvalue weighted by molar-refractivity contribution is 0.193. The van der Waals surface area contributed by atoms with Gasteiger partial charge in [-0.25, -0.2) is 0 Å². The number of allylic oxidation sites excluding steroid dienone is 2. The lowest BCUT2D eigenvalue weighted by atomic mass is 9.75. The Morgan fingerprint density at radius 2 is 0.662 bits per heavy atom. The first kappa shape index (κ1) is 53.6. The average molecular weight is 956 g/mol. The van der Waals surface area contributed by atoms with Gasteiger partial charge in [0.1, 0.15) is 0 Å². The Morgan fingerprint density at radius 3 is 0.986 bits per heavy atom. The van der Waals surface area contributed by atoms with Crippen LogP contribution in [0.1, 0.15) is 242 Å². The molecule has 384 valence electrons. The first-order chi connectivity index (χ1) is 35.0. The van der Waals surface area contributed by atoms with Crippen LogP contribution in [0.25, 0.3) is 33.4 Å². The summed E-state index contributed by atoms with van der Waals surface area (Å²) in [6.07, 6.45) is 43.3. The first-order valence-corrected chi connectivity index (χ1v) is 30.4. The van der Waals surface area contributed by atoms with Gasteiger partial charge in [-0.1, -0.05) is 214 Å². The van der Waals surface area contributed by atoms with Gasteiger partial charge in [-0.15, -0.1) is 0 Å². The van der Waals surface area contributed by atoms with E-state index in [1.54, 1.807) is 11.1 Å². The van der Waals surface area contributed by atoms with E-state index >= 15 is 0 Å². The Labute approximate surface area is 435 Å². The van der Waals surface area contributed by atoms with E-state index in [1.807, 2.05) is 0 Å². The molecule has 0 spiro atoms. The van der Waals surface area contributed by atoms with Crippen molar-refractivity contribution in [1.82, 2.24) is 0 Å². The van der Waals surface area contributed by atoms with Gasteiger partial charge in [0, 0.05) is 0 Å². The van der Waals surface area contributed by atoms with Gasteiger partial charge < -0.3 is 4.74 Å². The number of hydrogen-bond acceptors (Lipinski definition) is 1. The van der Waals surface area contributed by atoms with Crippen molar-refractivity contribution in [2.24, 2.45) is 35.5 Å². The lowest BCUT2D eigenvalue weighted by Crippen LogP contribution is -2.17. The van der Waals surface area contributed by atoms with Crippen LogP contribution < -0.4 is 0 Å². The molecule has 0 unspecified atom stereocenters. The molecule has 0 saturated heterocycles. The Balaban J connectivity index is 0.942. The fourth-order valence-corrected chi connectivity index (χ4v) is 14.3. The van der Waals surface area contributed by atoms with Crippen molar-refractivity contribution >= 4 is 11.1 Å². The van der Waals surface area contributed by atoms with Crippen molar-refractivity contribution in [3.8, 4) is 22.3 Å². The van der Waals surface area contributed by atoms with E-state index < -0.39 is 0 Å². The van der Waals surface area contributed by atoms with E-state index in [-0.39, 0.29) is 0 Å². The van der Waals surface area contributed by atoms with Crippen LogP contribution in [-0.2, 0) is 4.74 Å². The fourth-order valence-electron chi connectivity index (χ4n) is 14.3. The smallest absolute Gasteiger partial charge is 0.0657 e. The molecule has 4 saturated carbocycles. The van der Waals surface area contributed by atoms with Gasteiger partial charge in [0.2, 0.25) is 0 Å². The van der Waals surface area contributed by atoms with Crippen LogP contribution in [-0.4, -0.2) is 13.2 Å². The molecule has 71 heavy (non-hydrogen) atoms. The summed E-state index contributed by atoms with van der Waals surface area (Å²) in [4.78, 5) is 0. The van der Waals surface area contributed by atoms with Crippen LogP contribution in [0.3, 0.4) is 0 Å². The van der Waals surface area contributed by atoms with Crippen LogP contribution >= 0.6 is 0 Å². The Hall–Kier alpha value is -3.68. The molecule has 0 amide bonds. The zero-order valence-corrected chi connectivity index (χ0v) is 45.6. The second-order valence-corrected chi connectivity index (χ2v) is 23.7. The standard InChI is InChI=1S/C70H98O/c1-5-9-11-15-55-21-29-65(30-22-55)69(67-45-41-63(42-46-67)61-37-33-59(34-38-61)57-25-17-53(13-7-3)18-26-57)49-51-71-52-50-70(66-31-23-56(24-32-66)16-12-10-6-2)68-47-43-64(44-48-68)62-39-35-60(36-40-62)58-27-19-54(14-8-4)20-28-58/h33-50,53-58,65-66H,5-32,51-52H2,1-4H3. The van der Waals surface area contributed by atoms with E-state index in [0.29, 0.717) is 25.0 Å². The third-order valence-electron chi connectivity index (χ3n) is 18.8. The van der Waals surface area contributed by atoms with Crippen LogP contribution in [0.15, 0.2) is 109 Å². The maximum Gasteiger partial charge on any atom is 0.0657 e. The number of unbranched alkanes of at least 4 members (excludes halogenated alkanes) is 4. The molecule has 4 aliphatic rings. The number of ether oxygens (including phenoxy) is 1. The number of rotatable bonds is 24. The van der Waals surface area contributed by atoms with Crippen molar-refractivity contribution in [2.45, 2.75) is 219 Å². The van der Waals surface area contributed by atoms with Gasteiger partial charge >= 0.3 is 0 Å². The minimum atomic E-state index is 0.609. The third-order valence-corrected chi connectivity index (χ3v) is 18.8. The van der Waals surface area contributed by atoms with E-state index in [4.69, 9.17) is 4.74 Å². The van der Waals surface area contributed by atoms with Crippen LogP contribution in [0, 0.1) is 35.5 Å². The normalized spacial score (nSPS) is 25.6. The quantitative estimate of drug-likeness (QED) is 0.0636. The van der Waals surface area contributed by atoms with Gasteiger partial charge in [0.05, 0.1) is 13.2 Å². The maximum atomic E-state index is 6.68. The molecule has 0 aromatic heterocycles. The number of benzene rings is 4. The summed E-state index contributed by atoms with van der Waals surface area (Å²) in [6, 6.07) is 38.5. The zero-order valence-electron chi connectivity index (χ0n) is 45.6. The van der Waals surface area contributed by atoms with E-state index in [0.717, 1.165) is 35.5 Å². The first-order valence-electron chi connectivity index (χ1n) is 30.4. The zero-order chi connectivity index (χ0) is 49.0. The fraction of sp³-hybridized carbons (Fsp3) is 0.600. The summed E-state index contributed by atoms with van der Waals surface area (Å²) >= 11 is 0. The summed E-state index contributed by atoms with van der Waals surface area (Å²) in [7, 11) is 0. The molecule has 4 aromatic carbocycles. The highest BCUT2D eigenvalue weighted by Gasteiger charge is 2.27. The van der Waals surface area contributed by atoms with E-state index in [2.05, 4.69) is 137 Å². The van der Waals surface area contributed by atoms with Crippen molar-refractivity contribution in [1.29, 1.82) is 0 Å². The summed E-state index contributed by atoms with van der Waals surface area (Å²) < 4.78 is 6.68. The maximum absolute atomic E-state index is 6.68. The largest absolute Gasteiger partial charge is 0.373 e. The predicted octanol–water partition coefficient (Wildman–Crippen LogP) is 21.4. The molecule has 0 atom stereocenters. The SMILES string of the molecule is CCCCCC1CCC(C(=CCOCC=C(c2ccc(-c3ccc(C4CCC(CCC)CC4)cc3)cc2)C2CCC(CCCCC)CC2)c2ccc(-c3ccc(C4CCC(CCC)CC4)cc3)cc2)CC1. The predicted molar refractivity (Wildman–Crippen MR) is 309 cm³/mol. The molecule has 4 aromatic rings. The monoisotopic (exact) mass is 955 g/mol. The lowest BCUT2D eigenvalue weighted by Gasteiger charge is -2.31.